The number of para-hydroxylation sites is 2. The summed E-state index contributed by atoms with van der Waals surface area (Å²) in [4.78, 5) is 3.25. The number of nitrogens with one attached hydrogen (secondary N) is 2. The molecule has 74 valence electrons. The van der Waals surface area contributed by atoms with Gasteiger partial charge < -0.3 is 5.32 Å². The van der Waals surface area contributed by atoms with Crippen LogP contribution in [-0.4, -0.2) is 18.1 Å². The molecule has 14 heavy (non-hydrogen) atoms. The van der Waals surface area contributed by atoms with Crippen molar-refractivity contribution in [2.24, 2.45) is 0 Å². The Morgan fingerprint density at radius 2 is 2.21 bits per heavy atom. The fourth-order valence-electron chi connectivity index (χ4n) is 1.62. The van der Waals surface area contributed by atoms with E-state index in [9.17, 15) is 0 Å². The van der Waals surface area contributed by atoms with Crippen molar-refractivity contribution < 1.29 is 4.57 Å². The Morgan fingerprint density at radius 1 is 1.36 bits per heavy atom. The summed E-state index contributed by atoms with van der Waals surface area (Å²) < 4.78 is 2.23. The van der Waals surface area contributed by atoms with Gasteiger partial charge >= 0.3 is 0 Å². The number of H-pyrrole nitrogens is 1. The van der Waals surface area contributed by atoms with Gasteiger partial charge in [-0.25, -0.2) is 9.55 Å². The Labute approximate surface area is 83.8 Å². The van der Waals surface area contributed by atoms with Gasteiger partial charge in [-0.05, 0) is 18.7 Å². The van der Waals surface area contributed by atoms with Gasteiger partial charge in [0.15, 0.2) is 11.0 Å². The first-order valence-corrected chi connectivity index (χ1v) is 5.08. The zero-order chi connectivity index (χ0) is 9.80. The summed E-state index contributed by atoms with van der Waals surface area (Å²) in [6.45, 7) is 5.18. The number of aromatic nitrogens is 2. The Balaban J connectivity index is 2.17. The highest BCUT2D eigenvalue weighted by atomic mass is 15.1. The van der Waals surface area contributed by atoms with Crippen LogP contribution >= 0.6 is 0 Å². The van der Waals surface area contributed by atoms with E-state index in [1.807, 2.05) is 12.4 Å². The van der Waals surface area contributed by atoms with E-state index in [4.69, 9.17) is 0 Å². The molecule has 1 heterocycles. The molecule has 3 heteroatoms. The second-order valence-electron chi connectivity index (χ2n) is 3.34. The lowest BCUT2D eigenvalue weighted by molar-refractivity contribution is -0.669. The van der Waals surface area contributed by atoms with Crippen LogP contribution in [-0.2, 0) is 6.54 Å². The lowest BCUT2D eigenvalue weighted by Gasteiger charge is -1.98. The first-order chi connectivity index (χ1) is 6.92. The van der Waals surface area contributed by atoms with Crippen LogP contribution in [0.25, 0.3) is 11.0 Å². The lowest BCUT2D eigenvalue weighted by atomic mass is 10.3. The summed E-state index contributed by atoms with van der Waals surface area (Å²) in [5, 5.41) is 3.32. The van der Waals surface area contributed by atoms with Crippen molar-refractivity contribution in [2.75, 3.05) is 13.1 Å². The van der Waals surface area contributed by atoms with Crippen LogP contribution in [0.4, 0.5) is 0 Å². The summed E-state index contributed by atoms with van der Waals surface area (Å²) in [6.07, 6.45) is 2.03. The van der Waals surface area contributed by atoms with Gasteiger partial charge in [-0.1, -0.05) is 19.1 Å². The molecule has 1 aromatic carbocycles. The Kier molecular flexibility index (Phi) is 2.79. The highest BCUT2D eigenvalue weighted by molar-refractivity contribution is 5.70. The summed E-state index contributed by atoms with van der Waals surface area (Å²) in [5.41, 5.74) is 2.47. The van der Waals surface area contributed by atoms with E-state index in [1.165, 1.54) is 11.0 Å². The largest absolute Gasteiger partial charge is 0.313 e. The second-order valence-corrected chi connectivity index (χ2v) is 3.34. The smallest absolute Gasteiger partial charge is 0.242 e. The normalized spacial score (nSPS) is 10.9. The van der Waals surface area contributed by atoms with Gasteiger partial charge in [-0.3, -0.25) is 0 Å². The van der Waals surface area contributed by atoms with Crippen LogP contribution < -0.4 is 9.88 Å². The maximum absolute atomic E-state index is 3.32. The van der Waals surface area contributed by atoms with Gasteiger partial charge in [0.2, 0.25) is 6.33 Å². The number of hydrogen-bond donors (Lipinski definition) is 2. The molecule has 0 bridgehead atoms. The average Bonchev–Trinajstić information content (AvgIpc) is 2.63. The molecule has 0 radical (unpaired) electrons. The number of rotatable bonds is 4. The fraction of sp³-hybridized carbons (Fsp3) is 0.364. The molecule has 2 rings (SSSR count). The van der Waals surface area contributed by atoms with E-state index in [0.717, 1.165) is 19.6 Å². The highest BCUT2D eigenvalue weighted by Gasteiger charge is 2.06. The van der Waals surface area contributed by atoms with Crippen molar-refractivity contribution in [3.8, 4) is 0 Å². The summed E-state index contributed by atoms with van der Waals surface area (Å²) in [7, 11) is 0. The second kappa shape index (κ2) is 4.24. The quantitative estimate of drug-likeness (QED) is 0.548. The van der Waals surface area contributed by atoms with Gasteiger partial charge in [-0.15, -0.1) is 0 Å². The standard InChI is InChI=1S/C11H15N3/c1-2-12-7-8-14-9-13-10-5-3-4-6-11(10)14/h3-6,9,12H,2,7-8H2,1H3/p+1. The molecule has 0 saturated heterocycles. The van der Waals surface area contributed by atoms with Crippen molar-refractivity contribution >= 4 is 11.0 Å². The minimum Gasteiger partial charge on any atom is -0.313 e. The molecule has 0 fully saturated rings. The molecule has 0 atom stereocenters. The number of imidazole rings is 1. The zero-order valence-corrected chi connectivity index (χ0v) is 8.46. The van der Waals surface area contributed by atoms with E-state index in [1.54, 1.807) is 0 Å². The molecule has 0 aliphatic carbocycles. The molecule has 0 unspecified atom stereocenters. The van der Waals surface area contributed by atoms with Crippen molar-refractivity contribution in [3.63, 3.8) is 0 Å². The number of hydrogen-bond acceptors (Lipinski definition) is 1. The first-order valence-electron chi connectivity index (χ1n) is 5.08. The zero-order valence-electron chi connectivity index (χ0n) is 8.46. The summed E-state index contributed by atoms with van der Waals surface area (Å²) >= 11 is 0. The monoisotopic (exact) mass is 190 g/mol. The molecule has 2 aromatic rings. The van der Waals surface area contributed by atoms with E-state index < -0.39 is 0 Å². The Hall–Kier alpha value is -1.35. The van der Waals surface area contributed by atoms with Crippen molar-refractivity contribution in [2.45, 2.75) is 13.5 Å². The predicted octanol–water partition coefficient (Wildman–Crippen LogP) is 1.06. The molecule has 0 spiro atoms. The molecule has 1 aromatic heterocycles. The van der Waals surface area contributed by atoms with Crippen LogP contribution in [0, 0.1) is 0 Å². The van der Waals surface area contributed by atoms with Crippen LogP contribution in [0.1, 0.15) is 6.92 Å². The predicted molar refractivity (Wildman–Crippen MR) is 57.0 cm³/mol. The number of fused-ring (bicyclic) bond motifs is 1. The van der Waals surface area contributed by atoms with E-state index in [2.05, 4.69) is 40.0 Å². The minimum absolute atomic E-state index is 1.01. The first kappa shape index (κ1) is 9.21. The molecule has 3 nitrogen and oxygen atoms in total. The van der Waals surface area contributed by atoms with Gasteiger partial charge in [0.05, 0.1) is 0 Å². The average molecular weight is 190 g/mol. The van der Waals surface area contributed by atoms with Crippen molar-refractivity contribution in [3.05, 3.63) is 30.6 Å². The molecule has 0 aliphatic heterocycles. The van der Waals surface area contributed by atoms with Gasteiger partial charge in [0.1, 0.15) is 6.54 Å². The molecule has 2 N–H and O–H groups in total. The topological polar surface area (TPSA) is 31.7 Å². The molecule has 0 saturated carbocycles. The van der Waals surface area contributed by atoms with Crippen LogP contribution in [0.5, 0.6) is 0 Å². The van der Waals surface area contributed by atoms with Crippen LogP contribution in [0.15, 0.2) is 30.6 Å². The molecule has 0 amide bonds. The van der Waals surface area contributed by atoms with Crippen molar-refractivity contribution in [1.82, 2.24) is 10.3 Å². The van der Waals surface area contributed by atoms with Gasteiger partial charge in [0, 0.05) is 6.54 Å². The van der Waals surface area contributed by atoms with E-state index >= 15 is 0 Å². The third-order valence-electron chi connectivity index (χ3n) is 2.37. The summed E-state index contributed by atoms with van der Waals surface area (Å²) in [5.74, 6) is 0. The summed E-state index contributed by atoms with van der Waals surface area (Å²) in [6, 6.07) is 8.35. The molecular weight excluding hydrogens is 174 g/mol. The third-order valence-corrected chi connectivity index (χ3v) is 2.37. The Morgan fingerprint density at radius 3 is 3.07 bits per heavy atom. The third kappa shape index (κ3) is 1.77. The van der Waals surface area contributed by atoms with Gasteiger partial charge in [0.25, 0.3) is 0 Å². The number of aromatic amines is 1. The van der Waals surface area contributed by atoms with E-state index in [-0.39, 0.29) is 0 Å². The molecule has 0 aliphatic rings. The fourth-order valence-corrected chi connectivity index (χ4v) is 1.62. The highest BCUT2D eigenvalue weighted by Crippen LogP contribution is 2.04. The van der Waals surface area contributed by atoms with E-state index in [0.29, 0.717) is 0 Å². The van der Waals surface area contributed by atoms with Crippen LogP contribution in [0.2, 0.25) is 0 Å². The maximum Gasteiger partial charge on any atom is 0.242 e. The lowest BCUT2D eigenvalue weighted by Crippen LogP contribution is -2.37. The minimum atomic E-state index is 1.01. The SMILES string of the molecule is CCNCC[n+]1c[nH]c2ccccc21. The Bertz CT molecular complexity index is 406. The number of benzene rings is 1. The van der Waals surface area contributed by atoms with Crippen LogP contribution in [0.3, 0.4) is 0 Å². The number of nitrogens with zero attached hydrogens (tertiary/aromatic N) is 1. The molecular formula is C11H16N3+. The van der Waals surface area contributed by atoms with Crippen molar-refractivity contribution in [1.29, 1.82) is 0 Å². The van der Waals surface area contributed by atoms with Gasteiger partial charge in [-0.2, -0.15) is 0 Å². The number of likely N-dealkylation sites (N-methyl/N-ethyl adjacent to an activating group) is 1. The maximum atomic E-state index is 3.32.